The first-order chi connectivity index (χ1) is 8.99. The van der Waals surface area contributed by atoms with E-state index in [4.69, 9.17) is 0 Å². The predicted molar refractivity (Wildman–Crippen MR) is 83.6 cm³/mol. The molecule has 4 heteroatoms. The van der Waals surface area contributed by atoms with Gasteiger partial charge in [0.15, 0.2) is 0 Å². The molecule has 0 aromatic heterocycles. The first kappa shape index (κ1) is 16.2. The summed E-state index contributed by atoms with van der Waals surface area (Å²) in [6, 6.07) is 5.88. The van der Waals surface area contributed by atoms with E-state index in [1.165, 1.54) is 0 Å². The van der Waals surface area contributed by atoms with Crippen LogP contribution in [0.25, 0.3) is 0 Å². The van der Waals surface area contributed by atoms with E-state index in [9.17, 15) is 4.79 Å². The summed E-state index contributed by atoms with van der Waals surface area (Å²) in [6.45, 7) is 11.2. The number of aryl methyl sites for hydroxylation is 1. The molecule has 106 valence electrons. The van der Waals surface area contributed by atoms with Crippen molar-refractivity contribution in [3.8, 4) is 0 Å². The second kappa shape index (κ2) is 7.65. The molecule has 1 aromatic rings. The van der Waals surface area contributed by atoms with Crippen molar-refractivity contribution in [3.63, 3.8) is 0 Å². The standard InChI is InChI=1S/C15H23BrN2O/c1-5-18(6-2)10-12(4)17-15(19)13-9-7-8-11(3)14(13)16/h7-9,12H,5-6,10H2,1-4H3,(H,17,19). The van der Waals surface area contributed by atoms with Gasteiger partial charge in [-0.25, -0.2) is 0 Å². The third-order valence-electron chi connectivity index (χ3n) is 3.24. The van der Waals surface area contributed by atoms with Crippen LogP contribution in [0.15, 0.2) is 22.7 Å². The highest BCUT2D eigenvalue weighted by molar-refractivity contribution is 9.10. The molecule has 0 saturated carbocycles. The van der Waals surface area contributed by atoms with Gasteiger partial charge in [-0.05, 0) is 54.5 Å². The van der Waals surface area contributed by atoms with Crippen molar-refractivity contribution in [2.75, 3.05) is 19.6 Å². The number of nitrogens with one attached hydrogen (secondary N) is 1. The summed E-state index contributed by atoms with van der Waals surface area (Å²) in [7, 11) is 0. The van der Waals surface area contributed by atoms with Crippen LogP contribution in [0.1, 0.15) is 36.7 Å². The number of carbonyl (C=O) groups excluding carboxylic acids is 1. The van der Waals surface area contributed by atoms with Crippen LogP contribution in [-0.2, 0) is 0 Å². The molecule has 0 aliphatic carbocycles. The molecule has 0 fully saturated rings. The van der Waals surface area contributed by atoms with Crippen LogP contribution < -0.4 is 5.32 Å². The lowest BCUT2D eigenvalue weighted by Crippen LogP contribution is -2.42. The topological polar surface area (TPSA) is 32.3 Å². The van der Waals surface area contributed by atoms with Crippen molar-refractivity contribution in [2.45, 2.75) is 33.7 Å². The zero-order valence-corrected chi connectivity index (χ0v) is 13.8. The molecular formula is C15H23BrN2O. The van der Waals surface area contributed by atoms with Crippen LogP contribution in [0, 0.1) is 6.92 Å². The van der Waals surface area contributed by atoms with Gasteiger partial charge < -0.3 is 10.2 Å². The van der Waals surface area contributed by atoms with Gasteiger partial charge in [-0.2, -0.15) is 0 Å². The predicted octanol–water partition coefficient (Wildman–Crippen LogP) is 3.22. The lowest BCUT2D eigenvalue weighted by molar-refractivity contribution is 0.0929. The Balaban J connectivity index is 2.66. The summed E-state index contributed by atoms with van der Waals surface area (Å²) in [5.41, 5.74) is 1.77. The van der Waals surface area contributed by atoms with Crippen LogP contribution >= 0.6 is 15.9 Å². The van der Waals surface area contributed by atoms with E-state index >= 15 is 0 Å². The van der Waals surface area contributed by atoms with Gasteiger partial charge in [0.1, 0.15) is 0 Å². The summed E-state index contributed by atoms with van der Waals surface area (Å²) in [6.07, 6.45) is 0. The molecule has 19 heavy (non-hydrogen) atoms. The Labute approximate surface area is 124 Å². The number of hydrogen-bond donors (Lipinski definition) is 1. The SMILES string of the molecule is CCN(CC)CC(C)NC(=O)c1cccc(C)c1Br. The van der Waals surface area contributed by atoms with Gasteiger partial charge in [-0.1, -0.05) is 26.0 Å². The van der Waals surface area contributed by atoms with E-state index in [1.54, 1.807) is 0 Å². The van der Waals surface area contributed by atoms with Crippen LogP contribution in [0.3, 0.4) is 0 Å². The quantitative estimate of drug-likeness (QED) is 0.870. The van der Waals surface area contributed by atoms with E-state index in [-0.39, 0.29) is 11.9 Å². The van der Waals surface area contributed by atoms with Crippen LogP contribution in [-0.4, -0.2) is 36.5 Å². The first-order valence-corrected chi connectivity index (χ1v) is 7.57. The number of amides is 1. The maximum absolute atomic E-state index is 12.2. The smallest absolute Gasteiger partial charge is 0.252 e. The van der Waals surface area contributed by atoms with E-state index in [2.05, 4.69) is 40.0 Å². The molecule has 1 atom stereocenters. The van der Waals surface area contributed by atoms with Crippen molar-refractivity contribution in [2.24, 2.45) is 0 Å². The normalized spacial score (nSPS) is 12.5. The molecule has 0 aliphatic heterocycles. The number of benzene rings is 1. The highest BCUT2D eigenvalue weighted by Crippen LogP contribution is 2.20. The number of rotatable bonds is 6. The average molecular weight is 327 g/mol. The Bertz CT molecular complexity index is 430. The number of nitrogens with zero attached hydrogens (tertiary/aromatic N) is 1. The van der Waals surface area contributed by atoms with Crippen molar-refractivity contribution < 1.29 is 4.79 Å². The summed E-state index contributed by atoms with van der Waals surface area (Å²) in [4.78, 5) is 14.5. The maximum Gasteiger partial charge on any atom is 0.252 e. The molecular weight excluding hydrogens is 304 g/mol. The molecule has 3 nitrogen and oxygen atoms in total. The highest BCUT2D eigenvalue weighted by Gasteiger charge is 2.15. The molecule has 1 aromatic carbocycles. The Hall–Kier alpha value is -0.870. The van der Waals surface area contributed by atoms with Crippen molar-refractivity contribution in [1.29, 1.82) is 0 Å². The van der Waals surface area contributed by atoms with E-state index in [0.717, 1.165) is 29.7 Å². The Morgan fingerprint density at radius 3 is 2.58 bits per heavy atom. The van der Waals surface area contributed by atoms with Crippen molar-refractivity contribution in [3.05, 3.63) is 33.8 Å². The van der Waals surface area contributed by atoms with Crippen LogP contribution in [0.2, 0.25) is 0 Å². The fourth-order valence-electron chi connectivity index (χ4n) is 2.04. The van der Waals surface area contributed by atoms with E-state index in [1.807, 2.05) is 32.0 Å². The van der Waals surface area contributed by atoms with Gasteiger partial charge in [0.05, 0.1) is 5.56 Å². The van der Waals surface area contributed by atoms with Crippen LogP contribution in [0.4, 0.5) is 0 Å². The number of halogens is 1. The molecule has 0 bridgehead atoms. The molecule has 0 aliphatic rings. The third-order valence-corrected chi connectivity index (χ3v) is 4.29. The fraction of sp³-hybridized carbons (Fsp3) is 0.533. The molecule has 0 spiro atoms. The number of likely N-dealkylation sites (N-methyl/N-ethyl adjacent to an activating group) is 1. The minimum absolute atomic E-state index is 0.0183. The Morgan fingerprint density at radius 1 is 1.37 bits per heavy atom. The van der Waals surface area contributed by atoms with E-state index < -0.39 is 0 Å². The largest absolute Gasteiger partial charge is 0.348 e. The average Bonchev–Trinajstić information content (AvgIpc) is 2.38. The molecule has 0 radical (unpaired) electrons. The second-order valence-electron chi connectivity index (χ2n) is 4.80. The number of hydrogen-bond acceptors (Lipinski definition) is 2. The number of carbonyl (C=O) groups is 1. The summed E-state index contributed by atoms with van der Waals surface area (Å²) in [5, 5.41) is 3.05. The molecule has 1 N–H and O–H groups in total. The molecule has 0 heterocycles. The molecule has 0 saturated heterocycles. The summed E-state index contributed by atoms with van der Waals surface area (Å²) >= 11 is 3.48. The van der Waals surface area contributed by atoms with Gasteiger partial charge in [0.25, 0.3) is 5.91 Å². The fourth-order valence-corrected chi connectivity index (χ4v) is 2.48. The highest BCUT2D eigenvalue weighted by atomic mass is 79.9. The van der Waals surface area contributed by atoms with Gasteiger partial charge in [-0.15, -0.1) is 0 Å². The van der Waals surface area contributed by atoms with Crippen molar-refractivity contribution in [1.82, 2.24) is 10.2 Å². The maximum atomic E-state index is 12.2. The third kappa shape index (κ3) is 4.62. The lowest BCUT2D eigenvalue weighted by Gasteiger charge is -2.23. The first-order valence-electron chi connectivity index (χ1n) is 6.77. The zero-order valence-electron chi connectivity index (χ0n) is 12.2. The van der Waals surface area contributed by atoms with Gasteiger partial charge >= 0.3 is 0 Å². The summed E-state index contributed by atoms with van der Waals surface area (Å²) in [5.74, 6) is -0.0183. The van der Waals surface area contributed by atoms with Crippen LogP contribution in [0.5, 0.6) is 0 Å². The zero-order chi connectivity index (χ0) is 14.4. The Morgan fingerprint density at radius 2 is 2.00 bits per heavy atom. The second-order valence-corrected chi connectivity index (χ2v) is 5.59. The van der Waals surface area contributed by atoms with E-state index in [0.29, 0.717) is 5.56 Å². The molecule has 1 amide bonds. The minimum Gasteiger partial charge on any atom is -0.348 e. The van der Waals surface area contributed by atoms with Gasteiger partial charge in [-0.3, -0.25) is 4.79 Å². The van der Waals surface area contributed by atoms with Crippen molar-refractivity contribution >= 4 is 21.8 Å². The lowest BCUT2D eigenvalue weighted by atomic mass is 10.1. The minimum atomic E-state index is -0.0183. The summed E-state index contributed by atoms with van der Waals surface area (Å²) < 4.78 is 0.877. The van der Waals surface area contributed by atoms with Gasteiger partial charge in [0.2, 0.25) is 0 Å². The monoisotopic (exact) mass is 326 g/mol. The van der Waals surface area contributed by atoms with Gasteiger partial charge in [0, 0.05) is 17.1 Å². The Kier molecular flexibility index (Phi) is 6.52. The molecule has 1 rings (SSSR count). The molecule has 1 unspecified atom stereocenters.